The van der Waals surface area contributed by atoms with Crippen LogP contribution in [0.1, 0.15) is 12.5 Å². The summed E-state index contributed by atoms with van der Waals surface area (Å²) >= 11 is 7.72. The van der Waals surface area contributed by atoms with E-state index in [2.05, 4.69) is 4.90 Å². The van der Waals surface area contributed by atoms with Crippen LogP contribution in [0.2, 0.25) is 5.02 Å². The Hall–Kier alpha value is -2.31. The van der Waals surface area contributed by atoms with Crippen molar-refractivity contribution in [2.45, 2.75) is 13.3 Å². The van der Waals surface area contributed by atoms with E-state index in [1.54, 1.807) is 11.3 Å². The van der Waals surface area contributed by atoms with Gasteiger partial charge in [0.1, 0.15) is 5.75 Å². The maximum Gasteiger partial charge on any atom is 0.227 e. The minimum atomic E-state index is 0.167. The fourth-order valence-corrected chi connectivity index (χ4v) is 4.62. The summed E-state index contributed by atoms with van der Waals surface area (Å²) in [6.07, 6.45) is 0.423. The lowest BCUT2D eigenvalue weighted by molar-refractivity contribution is -0.130. The molecule has 0 bridgehead atoms. The van der Waals surface area contributed by atoms with E-state index in [9.17, 15) is 4.79 Å². The van der Waals surface area contributed by atoms with Crippen LogP contribution in [0, 0.1) is 0 Å². The van der Waals surface area contributed by atoms with Crippen molar-refractivity contribution in [1.29, 1.82) is 0 Å². The molecule has 5 nitrogen and oxygen atoms in total. The van der Waals surface area contributed by atoms with Gasteiger partial charge in [0.2, 0.25) is 5.91 Å². The number of rotatable bonds is 5. The number of thiazole rings is 1. The summed E-state index contributed by atoms with van der Waals surface area (Å²) in [4.78, 5) is 21.5. The second-order valence-electron chi connectivity index (χ2n) is 6.73. The number of carbonyl (C=O) groups is 1. The Bertz CT molecular complexity index is 965. The van der Waals surface area contributed by atoms with E-state index in [1.165, 1.54) is 0 Å². The summed E-state index contributed by atoms with van der Waals surface area (Å²) in [6, 6.07) is 13.5. The van der Waals surface area contributed by atoms with Crippen molar-refractivity contribution in [1.82, 2.24) is 9.88 Å². The average Bonchev–Trinajstić information content (AvgIpc) is 3.13. The monoisotopic (exact) mass is 415 g/mol. The number of nitrogens with zero attached hydrogens (tertiary/aromatic N) is 3. The quantitative estimate of drug-likeness (QED) is 0.625. The Morgan fingerprint density at radius 3 is 2.61 bits per heavy atom. The van der Waals surface area contributed by atoms with Gasteiger partial charge in [-0.05, 0) is 42.8 Å². The first-order valence-electron chi connectivity index (χ1n) is 9.43. The van der Waals surface area contributed by atoms with Crippen molar-refractivity contribution < 1.29 is 9.53 Å². The van der Waals surface area contributed by atoms with Crippen LogP contribution in [0.5, 0.6) is 5.75 Å². The van der Waals surface area contributed by atoms with E-state index >= 15 is 0 Å². The smallest absolute Gasteiger partial charge is 0.227 e. The highest BCUT2D eigenvalue weighted by Crippen LogP contribution is 2.31. The molecular formula is C21H22ClN3O2S. The Balaban J connectivity index is 1.34. The van der Waals surface area contributed by atoms with Gasteiger partial charge in [-0.3, -0.25) is 4.79 Å². The number of benzene rings is 2. The number of hydrogen-bond acceptors (Lipinski definition) is 5. The van der Waals surface area contributed by atoms with Gasteiger partial charge in [-0.2, -0.15) is 0 Å². The number of amides is 1. The molecule has 7 heteroatoms. The third-order valence-corrected chi connectivity index (χ3v) is 6.15. The molecular weight excluding hydrogens is 394 g/mol. The van der Waals surface area contributed by atoms with Crippen LogP contribution in [0.25, 0.3) is 10.2 Å². The number of piperazine rings is 1. The number of ether oxygens (including phenoxy) is 1. The average molecular weight is 416 g/mol. The molecule has 2 aromatic carbocycles. The molecule has 3 aromatic rings. The van der Waals surface area contributed by atoms with Crippen LogP contribution in [-0.2, 0) is 11.2 Å². The van der Waals surface area contributed by atoms with Crippen molar-refractivity contribution in [3.63, 3.8) is 0 Å². The van der Waals surface area contributed by atoms with Gasteiger partial charge in [0.05, 0.1) is 23.2 Å². The maximum atomic E-state index is 12.6. The SMILES string of the molecule is CCOc1ccc(CC(=O)N2CCN(c3nc4ccc(Cl)cc4s3)CC2)cc1. The molecule has 0 atom stereocenters. The maximum absolute atomic E-state index is 12.6. The standard InChI is InChI=1S/C21H22ClN3O2S/c1-2-27-17-6-3-15(4-7-17)13-20(26)24-9-11-25(12-10-24)21-23-18-8-5-16(22)14-19(18)28-21/h3-8,14H,2,9-13H2,1H3. The molecule has 28 heavy (non-hydrogen) atoms. The first kappa shape index (κ1) is 19.0. The van der Waals surface area contributed by atoms with Crippen molar-refractivity contribution in [3.05, 3.63) is 53.1 Å². The van der Waals surface area contributed by atoms with Gasteiger partial charge in [-0.25, -0.2) is 4.98 Å². The van der Waals surface area contributed by atoms with Crippen molar-refractivity contribution >= 4 is 44.2 Å². The minimum Gasteiger partial charge on any atom is -0.494 e. The summed E-state index contributed by atoms with van der Waals surface area (Å²) in [7, 11) is 0. The topological polar surface area (TPSA) is 45.7 Å². The third kappa shape index (κ3) is 4.23. The Morgan fingerprint density at radius 1 is 1.14 bits per heavy atom. The second-order valence-corrected chi connectivity index (χ2v) is 8.18. The van der Waals surface area contributed by atoms with Gasteiger partial charge in [0, 0.05) is 31.2 Å². The molecule has 0 radical (unpaired) electrons. The zero-order valence-electron chi connectivity index (χ0n) is 15.7. The Labute approximate surface area is 173 Å². The minimum absolute atomic E-state index is 0.167. The lowest BCUT2D eigenvalue weighted by Gasteiger charge is -2.34. The Morgan fingerprint density at radius 2 is 1.89 bits per heavy atom. The van der Waals surface area contributed by atoms with Crippen molar-refractivity contribution in [3.8, 4) is 5.75 Å². The van der Waals surface area contributed by atoms with Crippen LogP contribution in [0.3, 0.4) is 0 Å². The zero-order chi connectivity index (χ0) is 19.5. The van der Waals surface area contributed by atoms with Gasteiger partial charge >= 0.3 is 0 Å². The molecule has 0 N–H and O–H groups in total. The first-order valence-corrected chi connectivity index (χ1v) is 10.6. The van der Waals surface area contributed by atoms with E-state index in [4.69, 9.17) is 21.3 Å². The number of aromatic nitrogens is 1. The highest BCUT2D eigenvalue weighted by Gasteiger charge is 2.23. The highest BCUT2D eigenvalue weighted by molar-refractivity contribution is 7.22. The molecule has 4 rings (SSSR count). The predicted molar refractivity (Wildman–Crippen MR) is 115 cm³/mol. The second kappa shape index (κ2) is 8.37. The van der Waals surface area contributed by atoms with E-state index in [-0.39, 0.29) is 5.91 Å². The molecule has 1 fully saturated rings. The number of anilines is 1. The van der Waals surface area contributed by atoms with Crippen LogP contribution >= 0.6 is 22.9 Å². The molecule has 0 unspecified atom stereocenters. The molecule has 2 heterocycles. The largest absolute Gasteiger partial charge is 0.494 e. The molecule has 0 spiro atoms. The van der Waals surface area contributed by atoms with Crippen LogP contribution < -0.4 is 9.64 Å². The number of hydrogen-bond donors (Lipinski definition) is 0. The number of fused-ring (bicyclic) bond motifs is 1. The highest BCUT2D eigenvalue weighted by atomic mass is 35.5. The Kier molecular flexibility index (Phi) is 5.69. The van der Waals surface area contributed by atoms with Gasteiger partial charge in [-0.15, -0.1) is 0 Å². The van der Waals surface area contributed by atoms with Crippen molar-refractivity contribution in [2.24, 2.45) is 0 Å². The normalized spacial score (nSPS) is 14.5. The summed E-state index contributed by atoms with van der Waals surface area (Å²) in [6.45, 7) is 5.62. The fraction of sp³-hybridized carbons (Fsp3) is 0.333. The molecule has 1 amide bonds. The van der Waals surface area contributed by atoms with E-state index < -0.39 is 0 Å². The van der Waals surface area contributed by atoms with Gasteiger partial charge in [0.25, 0.3) is 0 Å². The number of halogens is 1. The third-order valence-electron chi connectivity index (χ3n) is 4.83. The molecule has 0 saturated carbocycles. The van der Waals surface area contributed by atoms with Gasteiger partial charge in [0.15, 0.2) is 5.13 Å². The molecule has 1 aromatic heterocycles. The summed E-state index contributed by atoms with van der Waals surface area (Å²) in [5, 5.41) is 1.73. The van der Waals surface area contributed by atoms with E-state index in [0.717, 1.165) is 44.8 Å². The molecule has 0 aliphatic carbocycles. The molecule has 1 aliphatic rings. The van der Waals surface area contributed by atoms with Crippen molar-refractivity contribution in [2.75, 3.05) is 37.7 Å². The van der Waals surface area contributed by atoms with Gasteiger partial charge in [-0.1, -0.05) is 35.1 Å². The molecule has 1 aliphatic heterocycles. The summed E-state index contributed by atoms with van der Waals surface area (Å²) < 4.78 is 6.55. The number of carbonyl (C=O) groups excluding carboxylic acids is 1. The molecule has 1 saturated heterocycles. The fourth-order valence-electron chi connectivity index (χ4n) is 3.33. The first-order chi connectivity index (χ1) is 13.6. The van der Waals surface area contributed by atoms with E-state index in [1.807, 2.05) is 54.3 Å². The van der Waals surface area contributed by atoms with Gasteiger partial charge < -0.3 is 14.5 Å². The summed E-state index contributed by atoms with van der Waals surface area (Å²) in [5.41, 5.74) is 1.98. The van der Waals surface area contributed by atoms with E-state index in [0.29, 0.717) is 26.1 Å². The predicted octanol–water partition coefficient (Wildman–Crippen LogP) is 4.24. The summed E-state index contributed by atoms with van der Waals surface area (Å²) in [5.74, 6) is 1.00. The zero-order valence-corrected chi connectivity index (χ0v) is 17.3. The van der Waals surface area contributed by atoms with Crippen LogP contribution in [0.15, 0.2) is 42.5 Å². The van der Waals surface area contributed by atoms with Crippen LogP contribution in [-0.4, -0.2) is 48.6 Å². The van der Waals surface area contributed by atoms with Crippen LogP contribution in [0.4, 0.5) is 5.13 Å². The molecule has 146 valence electrons. The lowest BCUT2D eigenvalue weighted by atomic mass is 10.1. The lowest BCUT2D eigenvalue weighted by Crippen LogP contribution is -2.49.